The minimum absolute atomic E-state index is 0.297. The van der Waals surface area contributed by atoms with Crippen molar-refractivity contribution in [3.05, 3.63) is 107 Å². The molecule has 0 radical (unpaired) electrons. The number of unbranched alkanes of at least 4 members (excludes halogenated alkanes) is 2. The molecular formula is C38H42O10. The van der Waals surface area contributed by atoms with Crippen LogP contribution in [-0.4, -0.2) is 50.3 Å². The highest BCUT2D eigenvalue weighted by Crippen LogP contribution is 2.28. The Hall–Kier alpha value is -5.38. The quantitative estimate of drug-likeness (QED) is 0.0603. The van der Waals surface area contributed by atoms with Crippen molar-refractivity contribution >= 4 is 23.9 Å². The van der Waals surface area contributed by atoms with Gasteiger partial charge >= 0.3 is 23.9 Å². The molecule has 0 spiro atoms. The Morgan fingerprint density at radius 3 is 1.67 bits per heavy atom. The molecule has 0 fully saturated rings. The zero-order chi connectivity index (χ0) is 35.1. The lowest BCUT2D eigenvalue weighted by Gasteiger charge is -2.14. The van der Waals surface area contributed by atoms with Gasteiger partial charge < -0.3 is 28.4 Å². The van der Waals surface area contributed by atoms with Gasteiger partial charge in [0.25, 0.3) is 0 Å². The molecule has 0 atom stereocenters. The fourth-order valence-corrected chi connectivity index (χ4v) is 4.48. The van der Waals surface area contributed by atoms with Crippen molar-refractivity contribution in [3.63, 3.8) is 0 Å². The molecule has 3 aromatic carbocycles. The van der Waals surface area contributed by atoms with Gasteiger partial charge in [-0.05, 0) is 124 Å². The van der Waals surface area contributed by atoms with E-state index in [0.29, 0.717) is 103 Å². The molecule has 3 rings (SSSR count). The zero-order valence-electron chi connectivity index (χ0n) is 27.9. The summed E-state index contributed by atoms with van der Waals surface area (Å²) in [6.45, 7) is 15.4. The van der Waals surface area contributed by atoms with E-state index in [1.807, 2.05) is 6.92 Å². The van der Waals surface area contributed by atoms with Crippen LogP contribution in [0.2, 0.25) is 0 Å². The van der Waals surface area contributed by atoms with Crippen LogP contribution in [0.5, 0.6) is 23.0 Å². The maximum atomic E-state index is 13.1. The first-order valence-corrected chi connectivity index (χ1v) is 15.6. The van der Waals surface area contributed by atoms with E-state index in [-0.39, 0.29) is 0 Å². The van der Waals surface area contributed by atoms with Gasteiger partial charge in [0, 0.05) is 12.2 Å². The van der Waals surface area contributed by atoms with Crippen molar-refractivity contribution in [1.82, 2.24) is 0 Å². The Balaban J connectivity index is 1.52. The standard InChI is InChI=1S/C38H42O10/c1-7-35(39)45-19-11-9-17-43-29-13-15-31(25(3)21-29)37(41)48-33-16-14-30(22-27(33)5)47-38(42)32-23-28(6)34(24-26(32)4)44-18-10-12-20-46-36(40)8-2/h7-8,13-16,21-24H,1-2,9-12,17-20H2,3-6H3. The summed E-state index contributed by atoms with van der Waals surface area (Å²) >= 11 is 0. The zero-order valence-corrected chi connectivity index (χ0v) is 27.9. The van der Waals surface area contributed by atoms with Crippen molar-refractivity contribution in [2.75, 3.05) is 26.4 Å². The summed E-state index contributed by atoms with van der Waals surface area (Å²) in [6.07, 6.45) is 4.95. The molecule has 48 heavy (non-hydrogen) atoms. The molecule has 0 saturated carbocycles. The molecule has 0 saturated heterocycles. The normalized spacial score (nSPS) is 10.4. The first-order valence-electron chi connectivity index (χ1n) is 15.6. The van der Waals surface area contributed by atoms with Gasteiger partial charge in [0.15, 0.2) is 0 Å². The monoisotopic (exact) mass is 658 g/mol. The molecule has 0 amide bonds. The number of carbonyl (C=O) groups excluding carboxylic acids is 4. The second kappa shape index (κ2) is 18.7. The SMILES string of the molecule is C=CC(=O)OCCCCOc1ccc(C(=O)Oc2ccc(OC(=O)c3cc(C)c(OCCCCOC(=O)C=C)cc3C)cc2C)c(C)c1. The lowest BCUT2D eigenvalue weighted by atomic mass is 10.0. The number of benzene rings is 3. The molecule has 0 aromatic heterocycles. The van der Waals surface area contributed by atoms with Crippen molar-refractivity contribution in [2.45, 2.75) is 53.4 Å². The van der Waals surface area contributed by atoms with Crippen LogP contribution in [0.1, 0.15) is 68.7 Å². The van der Waals surface area contributed by atoms with Gasteiger partial charge in [0.05, 0.1) is 37.6 Å². The highest BCUT2D eigenvalue weighted by molar-refractivity contribution is 5.94. The second-order valence-corrected chi connectivity index (χ2v) is 11.0. The molecule has 0 aliphatic heterocycles. The molecule has 0 heterocycles. The number of hydrogen-bond donors (Lipinski definition) is 0. The average Bonchev–Trinajstić information content (AvgIpc) is 3.06. The van der Waals surface area contributed by atoms with Crippen LogP contribution in [0.25, 0.3) is 0 Å². The summed E-state index contributed by atoms with van der Waals surface area (Å²) in [7, 11) is 0. The minimum atomic E-state index is -0.527. The Morgan fingerprint density at radius 2 is 1.06 bits per heavy atom. The summed E-state index contributed by atoms with van der Waals surface area (Å²) in [5.74, 6) is -0.0297. The summed E-state index contributed by atoms with van der Waals surface area (Å²) in [5.41, 5.74) is 3.57. The van der Waals surface area contributed by atoms with Crippen LogP contribution >= 0.6 is 0 Å². The van der Waals surface area contributed by atoms with Crippen LogP contribution in [-0.2, 0) is 19.1 Å². The van der Waals surface area contributed by atoms with E-state index >= 15 is 0 Å². The molecule has 254 valence electrons. The van der Waals surface area contributed by atoms with Crippen LogP contribution < -0.4 is 18.9 Å². The van der Waals surface area contributed by atoms with Crippen molar-refractivity contribution in [3.8, 4) is 23.0 Å². The van der Waals surface area contributed by atoms with Gasteiger partial charge in [0.1, 0.15) is 23.0 Å². The van der Waals surface area contributed by atoms with Crippen LogP contribution in [0.4, 0.5) is 0 Å². The van der Waals surface area contributed by atoms with E-state index in [1.54, 1.807) is 69.3 Å². The minimum Gasteiger partial charge on any atom is -0.494 e. The molecule has 10 nitrogen and oxygen atoms in total. The van der Waals surface area contributed by atoms with Gasteiger partial charge in [0.2, 0.25) is 0 Å². The lowest BCUT2D eigenvalue weighted by Crippen LogP contribution is -2.13. The highest BCUT2D eigenvalue weighted by atomic mass is 16.5. The topological polar surface area (TPSA) is 124 Å². The van der Waals surface area contributed by atoms with Crippen molar-refractivity contribution < 1.29 is 47.6 Å². The van der Waals surface area contributed by atoms with Gasteiger partial charge in [-0.2, -0.15) is 0 Å². The van der Waals surface area contributed by atoms with E-state index in [9.17, 15) is 19.2 Å². The van der Waals surface area contributed by atoms with Gasteiger partial charge in [-0.3, -0.25) is 0 Å². The molecule has 10 heteroatoms. The first kappa shape index (κ1) is 37.1. The van der Waals surface area contributed by atoms with Gasteiger partial charge in [-0.25, -0.2) is 19.2 Å². The predicted octanol–water partition coefficient (Wildman–Crippen LogP) is 7.14. The average molecular weight is 659 g/mol. The van der Waals surface area contributed by atoms with E-state index in [2.05, 4.69) is 13.2 Å². The van der Waals surface area contributed by atoms with Gasteiger partial charge in [-0.15, -0.1) is 0 Å². The van der Waals surface area contributed by atoms with Gasteiger partial charge in [-0.1, -0.05) is 13.2 Å². The van der Waals surface area contributed by atoms with Crippen molar-refractivity contribution in [1.29, 1.82) is 0 Å². The third kappa shape index (κ3) is 11.5. The van der Waals surface area contributed by atoms with E-state index < -0.39 is 23.9 Å². The largest absolute Gasteiger partial charge is 0.494 e. The maximum Gasteiger partial charge on any atom is 0.343 e. The number of hydrogen-bond acceptors (Lipinski definition) is 10. The van der Waals surface area contributed by atoms with Crippen LogP contribution in [0, 0.1) is 27.7 Å². The Bertz CT molecular complexity index is 1640. The lowest BCUT2D eigenvalue weighted by molar-refractivity contribution is -0.138. The Labute approximate surface area is 281 Å². The summed E-state index contributed by atoms with van der Waals surface area (Å²) in [6, 6.07) is 13.4. The molecule has 0 unspecified atom stereocenters. The molecule has 3 aromatic rings. The van der Waals surface area contributed by atoms with Crippen molar-refractivity contribution in [2.24, 2.45) is 0 Å². The maximum absolute atomic E-state index is 13.1. The number of esters is 4. The van der Waals surface area contributed by atoms with E-state index in [0.717, 1.165) is 17.7 Å². The summed E-state index contributed by atoms with van der Waals surface area (Å²) in [4.78, 5) is 48.2. The Morgan fingerprint density at radius 1 is 0.542 bits per heavy atom. The number of ether oxygens (including phenoxy) is 6. The molecule has 0 aliphatic rings. The Kier molecular flexibility index (Phi) is 14.4. The third-order valence-corrected chi connectivity index (χ3v) is 7.14. The van der Waals surface area contributed by atoms with Crippen LogP contribution in [0.3, 0.4) is 0 Å². The number of aryl methyl sites for hydroxylation is 4. The third-order valence-electron chi connectivity index (χ3n) is 7.14. The first-order chi connectivity index (χ1) is 23.0. The summed E-state index contributed by atoms with van der Waals surface area (Å²) < 4.78 is 32.8. The fourth-order valence-electron chi connectivity index (χ4n) is 4.48. The second-order valence-electron chi connectivity index (χ2n) is 11.0. The summed E-state index contributed by atoms with van der Waals surface area (Å²) in [5, 5.41) is 0. The molecule has 0 N–H and O–H groups in total. The fraction of sp³-hybridized carbons (Fsp3) is 0.316. The smallest absolute Gasteiger partial charge is 0.343 e. The molecular weight excluding hydrogens is 616 g/mol. The predicted molar refractivity (Wildman–Crippen MR) is 180 cm³/mol. The number of rotatable bonds is 18. The molecule has 0 bridgehead atoms. The van der Waals surface area contributed by atoms with Crippen LogP contribution in [0.15, 0.2) is 73.8 Å². The molecule has 0 aliphatic carbocycles. The highest BCUT2D eigenvalue weighted by Gasteiger charge is 2.18. The van der Waals surface area contributed by atoms with E-state index in [1.165, 1.54) is 0 Å². The number of carbonyl (C=O) groups is 4. The van der Waals surface area contributed by atoms with E-state index in [4.69, 9.17) is 28.4 Å².